The third-order valence-electron chi connectivity index (χ3n) is 5.76. The van der Waals surface area contributed by atoms with Crippen LogP contribution in [-0.2, 0) is 17.8 Å². The van der Waals surface area contributed by atoms with E-state index in [1.165, 1.54) is 12.1 Å². The van der Waals surface area contributed by atoms with Gasteiger partial charge in [-0.1, -0.05) is 0 Å². The Bertz CT molecular complexity index is 964. The number of carbonyl (C=O) groups is 1. The van der Waals surface area contributed by atoms with Crippen molar-refractivity contribution >= 4 is 17.9 Å². The van der Waals surface area contributed by atoms with Crippen LogP contribution >= 0.6 is 0 Å². The lowest BCUT2D eigenvalue weighted by Gasteiger charge is -2.35. The number of ether oxygens (including phenoxy) is 1. The molecule has 0 unspecified atom stereocenters. The summed E-state index contributed by atoms with van der Waals surface area (Å²) in [5.41, 5.74) is 1.89. The van der Waals surface area contributed by atoms with E-state index >= 15 is 0 Å². The van der Waals surface area contributed by atoms with Gasteiger partial charge in [0.15, 0.2) is 23.2 Å². The summed E-state index contributed by atoms with van der Waals surface area (Å²) in [6, 6.07) is 3.58. The van der Waals surface area contributed by atoms with Crippen LogP contribution in [0.4, 0.5) is 20.4 Å². The number of fused-ring (bicyclic) bond motifs is 1. The van der Waals surface area contributed by atoms with Gasteiger partial charge in [-0.2, -0.15) is 0 Å². The van der Waals surface area contributed by atoms with Crippen molar-refractivity contribution in [2.24, 2.45) is 0 Å². The number of anilines is 2. The third kappa shape index (κ3) is 5.15. The molecule has 0 bridgehead atoms. The van der Waals surface area contributed by atoms with E-state index in [2.05, 4.69) is 29.0 Å². The zero-order chi connectivity index (χ0) is 22.7. The standard InChI is InChI=1S/C23H29F2N5O2/c1-15(2)26-22-23(28-20-14-29(11-12-31)8-7-19(20)27-22)30-9-5-17(6-10-30)32-21-4-3-16(24)13-18(21)25/h3-4,12-13,15,17H,5-11,14H2,1-2H3,(H,26,27). The molecule has 32 heavy (non-hydrogen) atoms. The van der Waals surface area contributed by atoms with Gasteiger partial charge >= 0.3 is 0 Å². The lowest BCUT2D eigenvalue weighted by atomic mass is 10.1. The molecule has 0 aliphatic carbocycles. The van der Waals surface area contributed by atoms with Gasteiger partial charge in [0.2, 0.25) is 0 Å². The average molecular weight is 446 g/mol. The molecule has 1 saturated heterocycles. The molecule has 1 aromatic heterocycles. The highest BCUT2D eigenvalue weighted by Crippen LogP contribution is 2.30. The highest BCUT2D eigenvalue weighted by molar-refractivity contribution is 5.62. The second kappa shape index (κ2) is 9.77. The van der Waals surface area contributed by atoms with Crippen molar-refractivity contribution in [2.45, 2.75) is 51.8 Å². The Balaban J connectivity index is 1.49. The Morgan fingerprint density at radius 3 is 2.66 bits per heavy atom. The molecule has 3 heterocycles. The minimum absolute atomic E-state index is 0.0795. The second-order valence-corrected chi connectivity index (χ2v) is 8.62. The molecule has 1 N–H and O–H groups in total. The zero-order valence-electron chi connectivity index (χ0n) is 18.5. The van der Waals surface area contributed by atoms with Crippen molar-refractivity contribution in [3.8, 4) is 5.75 Å². The van der Waals surface area contributed by atoms with Gasteiger partial charge in [0.1, 0.15) is 18.2 Å². The molecule has 2 aliphatic rings. The van der Waals surface area contributed by atoms with Crippen LogP contribution in [0.1, 0.15) is 38.1 Å². The van der Waals surface area contributed by atoms with Crippen molar-refractivity contribution in [1.82, 2.24) is 14.9 Å². The zero-order valence-corrected chi connectivity index (χ0v) is 18.5. The molecule has 2 aromatic rings. The monoisotopic (exact) mass is 445 g/mol. The first kappa shape index (κ1) is 22.4. The maximum absolute atomic E-state index is 13.9. The molecule has 0 spiro atoms. The predicted molar refractivity (Wildman–Crippen MR) is 118 cm³/mol. The van der Waals surface area contributed by atoms with Gasteiger partial charge in [0.25, 0.3) is 0 Å². The number of benzene rings is 1. The predicted octanol–water partition coefficient (Wildman–Crippen LogP) is 3.18. The molecule has 0 radical (unpaired) electrons. The van der Waals surface area contributed by atoms with Crippen molar-refractivity contribution in [3.05, 3.63) is 41.2 Å². The van der Waals surface area contributed by atoms with E-state index in [0.717, 1.165) is 48.3 Å². The van der Waals surface area contributed by atoms with E-state index in [0.29, 0.717) is 39.0 Å². The third-order valence-corrected chi connectivity index (χ3v) is 5.76. The van der Waals surface area contributed by atoms with E-state index in [9.17, 15) is 13.6 Å². The first-order valence-corrected chi connectivity index (χ1v) is 11.1. The summed E-state index contributed by atoms with van der Waals surface area (Å²) < 4.78 is 32.9. The quantitative estimate of drug-likeness (QED) is 0.657. The number of aromatic nitrogens is 2. The molecule has 9 heteroatoms. The summed E-state index contributed by atoms with van der Waals surface area (Å²) in [5, 5.41) is 3.42. The van der Waals surface area contributed by atoms with Crippen LogP contribution in [-0.4, -0.2) is 59.5 Å². The largest absolute Gasteiger partial charge is 0.487 e. The molecule has 4 rings (SSSR count). The fraction of sp³-hybridized carbons (Fsp3) is 0.522. The molecule has 172 valence electrons. The van der Waals surface area contributed by atoms with E-state index in [1.54, 1.807) is 0 Å². The summed E-state index contributed by atoms with van der Waals surface area (Å²) in [6.45, 7) is 7.30. The van der Waals surface area contributed by atoms with Crippen LogP contribution in [0.3, 0.4) is 0 Å². The molecule has 2 aliphatic heterocycles. The normalized spacial score (nSPS) is 17.3. The van der Waals surface area contributed by atoms with Gasteiger partial charge in [-0.05, 0) is 26.0 Å². The van der Waals surface area contributed by atoms with Crippen LogP contribution in [0, 0.1) is 11.6 Å². The minimum atomic E-state index is -0.684. The minimum Gasteiger partial charge on any atom is -0.487 e. The number of piperidine rings is 1. The van der Waals surface area contributed by atoms with Crippen LogP contribution < -0.4 is 15.0 Å². The summed E-state index contributed by atoms with van der Waals surface area (Å²) >= 11 is 0. The Hall–Kier alpha value is -2.81. The van der Waals surface area contributed by atoms with Crippen molar-refractivity contribution in [1.29, 1.82) is 0 Å². The van der Waals surface area contributed by atoms with Crippen molar-refractivity contribution in [2.75, 3.05) is 36.4 Å². The van der Waals surface area contributed by atoms with Crippen LogP contribution in [0.15, 0.2) is 18.2 Å². The van der Waals surface area contributed by atoms with Gasteiger partial charge in [0, 0.05) is 57.5 Å². The average Bonchev–Trinajstić information content (AvgIpc) is 2.76. The van der Waals surface area contributed by atoms with Gasteiger partial charge in [-0.25, -0.2) is 18.7 Å². The fourth-order valence-electron chi connectivity index (χ4n) is 4.16. The van der Waals surface area contributed by atoms with Gasteiger partial charge in [0.05, 0.1) is 17.9 Å². The maximum Gasteiger partial charge on any atom is 0.172 e. The van der Waals surface area contributed by atoms with E-state index in [-0.39, 0.29) is 17.9 Å². The molecule has 1 fully saturated rings. The Labute approximate surface area is 186 Å². The van der Waals surface area contributed by atoms with E-state index in [4.69, 9.17) is 14.7 Å². The second-order valence-electron chi connectivity index (χ2n) is 8.62. The Kier molecular flexibility index (Phi) is 6.83. The fourth-order valence-corrected chi connectivity index (χ4v) is 4.16. The maximum atomic E-state index is 13.9. The smallest absolute Gasteiger partial charge is 0.172 e. The number of halogens is 2. The summed E-state index contributed by atoms with van der Waals surface area (Å²) in [6.07, 6.45) is 2.91. The summed E-state index contributed by atoms with van der Waals surface area (Å²) in [7, 11) is 0. The first-order valence-electron chi connectivity index (χ1n) is 11.1. The van der Waals surface area contributed by atoms with E-state index < -0.39 is 11.6 Å². The molecule has 0 atom stereocenters. The van der Waals surface area contributed by atoms with Gasteiger partial charge in [-0.15, -0.1) is 0 Å². The van der Waals surface area contributed by atoms with Crippen LogP contribution in [0.5, 0.6) is 5.75 Å². The van der Waals surface area contributed by atoms with Gasteiger partial charge in [-0.3, -0.25) is 4.90 Å². The number of hydrogen-bond donors (Lipinski definition) is 1. The lowest BCUT2D eigenvalue weighted by molar-refractivity contribution is -0.109. The topological polar surface area (TPSA) is 70.6 Å². The van der Waals surface area contributed by atoms with Crippen LogP contribution in [0.25, 0.3) is 0 Å². The molecule has 7 nitrogen and oxygen atoms in total. The summed E-state index contributed by atoms with van der Waals surface area (Å²) in [5.74, 6) is 0.350. The van der Waals surface area contributed by atoms with Gasteiger partial charge < -0.3 is 19.7 Å². The molecule has 1 aromatic carbocycles. The lowest BCUT2D eigenvalue weighted by Crippen LogP contribution is -2.40. The first-order chi connectivity index (χ1) is 15.4. The number of carbonyl (C=O) groups excluding carboxylic acids is 1. The molecule has 0 saturated carbocycles. The molecular weight excluding hydrogens is 416 g/mol. The Morgan fingerprint density at radius 2 is 1.97 bits per heavy atom. The highest BCUT2D eigenvalue weighted by Gasteiger charge is 2.28. The Morgan fingerprint density at radius 1 is 1.19 bits per heavy atom. The van der Waals surface area contributed by atoms with Crippen LogP contribution in [0.2, 0.25) is 0 Å². The number of hydrogen-bond acceptors (Lipinski definition) is 7. The number of aldehydes is 1. The number of rotatable bonds is 7. The SMILES string of the molecule is CC(C)Nc1nc2c(nc1N1CCC(Oc3ccc(F)cc3F)CC1)CN(CC=O)CC2. The number of nitrogens with one attached hydrogen (secondary N) is 1. The van der Waals surface area contributed by atoms with Crippen molar-refractivity contribution < 1.29 is 18.3 Å². The molecule has 0 amide bonds. The molecular formula is C23H29F2N5O2. The summed E-state index contributed by atoms with van der Waals surface area (Å²) in [4.78, 5) is 25.0. The van der Waals surface area contributed by atoms with E-state index in [1.807, 2.05) is 0 Å². The number of nitrogens with zero attached hydrogens (tertiary/aromatic N) is 4. The van der Waals surface area contributed by atoms with Crippen molar-refractivity contribution in [3.63, 3.8) is 0 Å². The highest BCUT2D eigenvalue weighted by atomic mass is 19.1.